The van der Waals surface area contributed by atoms with E-state index in [1.807, 2.05) is 42.5 Å². The predicted octanol–water partition coefficient (Wildman–Crippen LogP) is 2.71. The number of methoxy groups -OCH3 is 1. The van der Waals surface area contributed by atoms with Crippen LogP contribution in [0.5, 0.6) is 0 Å². The molecule has 0 spiro atoms. The van der Waals surface area contributed by atoms with Gasteiger partial charge in [0.25, 0.3) is 0 Å². The lowest BCUT2D eigenvalue weighted by atomic mass is 10.2. The molecule has 0 radical (unpaired) electrons. The molecule has 1 aromatic heterocycles. The van der Waals surface area contributed by atoms with Gasteiger partial charge >= 0.3 is 0 Å². The van der Waals surface area contributed by atoms with Gasteiger partial charge in [-0.15, -0.1) is 5.10 Å². The highest BCUT2D eigenvalue weighted by atomic mass is 32.2. The molecule has 0 bridgehead atoms. The number of hydrogen-bond donors (Lipinski definition) is 1. The Labute approximate surface area is 110 Å². The zero-order chi connectivity index (χ0) is 12.6. The number of rotatable bonds is 6. The molecule has 4 nitrogen and oxygen atoms in total. The van der Waals surface area contributed by atoms with Gasteiger partial charge in [0.2, 0.25) is 5.16 Å². The summed E-state index contributed by atoms with van der Waals surface area (Å²) in [4.78, 5) is 4.35. The Morgan fingerprint density at radius 2 is 2.11 bits per heavy atom. The van der Waals surface area contributed by atoms with E-state index in [4.69, 9.17) is 4.74 Å². The number of ether oxygens (including phenoxy) is 1. The highest BCUT2D eigenvalue weighted by Crippen LogP contribution is 2.12. The lowest BCUT2D eigenvalue weighted by Crippen LogP contribution is -1.91. The molecule has 5 heteroatoms. The Balaban J connectivity index is 1.92. The molecule has 0 saturated heterocycles. The molecule has 2 rings (SSSR count). The average Bonchev–Trinajstić information content (AvgIpc) is 2.86. The summed E-state index contributed by atoms with van der Waals surface area (Å²) in [6.45, 7) is 0.703. The van der Waals surface area contributed by atoms with E-state index in [-0.39, 0.29) is 0 Å². The monoisotopic (exact) mass is 261 g/mol. The number of aromatic nitrogens is 3. The van der Waals surface area contributed by atoms with Crippen molar-refractivity contribution in [2.75, 3.05) is 19.5 Å². The van der Waals surface area contributed by atoms with Crippen molar-refractivity contribution in [3.8, 4) is 0 Å². The van der Waals surface area contributed by atoms with E-state index < -0.39 is 0 Å². The first-order valence-corrected chi connectivity index (χ1v) is 6.64. The fourth-order valence-corrected chi connectivity index (χ4v) is 2.06. The third kappa shape index (κ3) is 4.01. The van der Waals surface area contributed by atoms with Crippen LogP contribution >= 0.6 is 11.8 Å². The molecule has 0 amide bonds. The summed E-state index contributed by atoms with van der Waals surface area (Å²) in [5.41, 5.74) is 1.14. The number of benzene rings is 1. The van der Waals surface area contributed by atoms with Gasteiger partial charge in [-0.2, -0.15) is 0 Å². The maximum absolute atomic E-state index is 4.98. The second-order valence-electron chi connectivity index (χ2n) is 3.59. The van der Waals surface area contributed by atoms with Crippen LogP contribution in [-0.2, 0) is 4.74 Å². The van der Waals surface area contributed by atoms with Crippen molar-refractivity contribution in [2.45, 2.75) is 5.16 Å². The third-order valence-corrected chi connectivity index (χ3v) is 3.05. The van der Waals surface area contributed by atoms with Crippen molar-refractivity contribution in [3.63, 3.8) is 0 Å². The molecule has 0 saturated carbocycles. The Morgan fingerprint density at radius 3 is 2.89 bits per heavy atom. The van der Waals surface area contributed by atoms with Crippen LogP contribution in [0.1, 0.15) is 11.4 Å². The summed E-state index contributed by atoms with van der Waals surface area (Å²) in [7, 11) is 1.69. The molecule has 2 aromatic rings. The van der Waals surface area contributed by atoms with Gasteiger partial charge in [-0.1, -0.05) is 48.2 Å². The summed E-state index contributed by atoms with van der Waals surface area (Å²) in [6.07, 6.45) is 3.92. The topological polar surface area (TPSA) is 50.8 Å². The molecule has 18 heavy (non-hydrogen) atoms. The van der Waals surface area contributed by atoms with Crippen molar-refractivity contribution in [3.05, 3.63) is 41.7 Å². The second kappa shape index (κ2) is 6.98. The average molecular weight is 261 g/mol. The quantitative estimate of drug-likeness (QED) is 0.641. The fourth-order valence-electron chi connectivity index (χ4n) is 1.35. The summed E-state index contributed by atoms with van der Waals surface area (Å²) in [6, 6.07) is 10.1. The molecule has 0 aliphatic heterocycles. The van der Waals surface area contributed by atoms with Crippen molar-refractivity contribution in [1.29, 1.82) is 0 Å². The van der Waals surface area contributed by atoms with E-state index in [1.165, 1.54) is 0 Å². The zero-order valence-corrected chi connectivity index (χ0v) is 11.0. The zero-order valence-electron chi connectivity index (χ0n) is 10.2. The van der Waals surface area contributed by atoms with Gasteiger partial charge in [0.05, 0.1) is 6.61 Å². The number of nitrogens with zero attached hydrogens (tertiary/aromatic N) is 2. The third-order valence-electron chi connectivity index (χ3n) is 2.23. The van der Waals surface area contributed by atoms with E-state index in [2.05, 4.69) is 15.2 Å². The molecule has 0 aliphatic carbocycles. The summed E-state index contributed by atoms with van der Waals surface area (Å²) < 4.78 is 4.98. The SMILES string of the molecule is COCCSc1n[nH]c(/C=C/c2ccccc2)n1. The molecule has 0 unspecified atom stereocenters. The van der Waals surface area contributed by atoms with Crippen molar-refractivity contribution in [1.82, 2.24) is 15.2 Å². The van der Waals surface area contributed by atoms with Gasteiger partial charge in [-0.25, -0.2) is 4.98 Å². The van der Waals surface area contributed by atoms with E-state index in [0.29, 0.717) is 6.61 Å². The van der Waals surface area contributed by atoms with Crippen LogP contribution in [0.4, 0.5) is 0 Å². The van der Waals surface area contributed by atoms with Crippen LogP contribution < -0.4 is 0 Å². The van der Waals surface area contributed by atoms with Crippen LogP contribution in [0.15, 0.2) is 35.5 Å². The number of H-pyrrole nitrogens is 1. The van der Waals surface area contributed by atoms with Crippen molar-refractivity contribution < 1.29 is 4.74 Å². The lowest BCUT2D eigenvalue weighted by Gasteiger charge is -1.93. The molecule has 0 aliphatic rings. The second-order valence-corrected chi connectivity index (χ2v) is 4.65. The maximum atomic E-state index is 4.98. The van der Waals surface area contributed by atoms with Crippen LogP contribution in [-0.4, -0.2) is 34.7 Å². The smallest absolute Gasteiger partial charge is 0.208 e. The predicted molar refractivity (Wildman–Crippen MR) is 74.4 cm³/mol. The minimum Gasteiger partial charge on any atom is -0.384 e. The normalized spacial score (nSPS) is 11.2. The largest absolute Gasteiger partial charge is 0.384 e. The van der Waals surface area contributed by atoms with E-state index in [0.717, 1.165) is 22.3 Å². The maximum Gasteiger partial charge on any atom is 0.208 e. The van der Waals surface area contributed by atoms with Crippen molar-refractivity contribution >= 4 is 23.9 Å². The Morgan fingerprint density at radius 1 is 1.28 bits per heavy atom. The number of thioether (sulfide) groups is 1. The minimum absolute atomic E-state index is 0.703. The fraction of sp³-hybridized carbons (Fsp3) is 0.231. The van der Waals surface area contributed by atoms with Gasteiger partial charge in [0.1, 0.15) is 5.82 Å². The summed E-state index contributed by atoms with van der Waals surface area (Å²) >= 11 is 1.58. The van der Waals surface area contributed by atoms with E-state index >= 15 is 0 Å². The summed E-state index contributed by atoms with van der Waals surface area (Å²) in [5, 5.41) is 7.76. The first-order valence-electron chi connectivity index (χ1n) is 5.66. The molecular weight excluding hydrogens is 246 g/mol. The van der Waals surface area contributed by atoms with Crippen LogP contribution in [0.25, 0.3) is 12.2 Å². The molecule has 1 heterocycles. The lowest BCUT2D eigenvalue weighted by molar-refractivity contribution is 0.218. The van der Waals surface area contributed by atoms with Gasteiger partial charge in [0, 0.05) is 12.9 Å². The van der Waals surface area contributed by atoms with Gasteiger partial charge in [-0.05, 0) is 11.6 Å². The molecule has 1 N–H and O–H groups in total. The Kier molecular flexibility index (Phi) is 4.99. The van der Waals surface area contributed by atoms with Gasteiger partial charge < -0.3 is 4.74 Å². The molecule has 0 fully saturated rings. The number of aromatic amines is 1. The highest BCUT2D eigenvalue weighted by Gasteiger charge is 2.00. The summed E-state index contributed by atoms with van der Waals surface area (Å²) in [5.74, 6) is 1.62. The molecule has 1 aromatic carbocycles. The van der Waals surface area contributed by atoms with Gasteiger partial charge in [0.15, 0.2) is 0 Å². The highest BCUT2D eigenvalue weighted by molar-refractivity contribution is 7.99. The van der Waals surface area contributed by atoms with E-state index in [1.54, 1.807) is 18.9 Å². The van der Waals surface area contributed by atoms with Crippen LogP contribution in [0.3, 0.4) is 0 Å². The first kappa shape index (κ1) is 12.9. The Hall–Kier alpha value is -1.59. The van der Waals surface area contributed by atoms with E-state index in [9.17, 15) is 0 Å². The molecular formula is C13H15N3OS. The number of nitrogens with one attached hydrogen (secondary N) is 1. The van der Waals surface area contributed by atoms with Crippen LogP contribution in [0, 0.1) is 0 Å². The Bertz CT molecular complexity index is 496. The molecule has 94 valence electrons. The molecule has 0 atom stereocenters. The standard InChI is InChI=1S/C13H15N3OS/c1-17-9-10-18-13-14-12(15-16-13)8-7-11-5-3-2-4-6-11/h2-8H,9-10H2,1H3,(H,14,15,16)/b8-7+. The van der Waals surface area contributed by atoms with Crippen molar-refractivity contribution in [2.24, 2.45) is 0 Å². The minimum atomic E-state index is 0.703. The number of hydrogen-bond acceptors (Lipinski definition) is 4. The van der Waals surface area contributed by atoms with Gasteiger partial charge in [-0.3, -0.25) is 5.10 Å². The first-order chi connectivity index (χ1) is 8.88. The van der Waals surface area contributed by atoms with Crippen LogP contribution in [0.2, 0.25) is 0 Å².